The molecule has 4 nitrogen and oxygen atoms in total. The molecule has 0 radical (unpaired) electrons. The summed E-state index contributed by atoms with van der Waals surface area (Å²) in [5, 5.41) is 2.81. The highest BCUT2D eigenvalue weighted by Gasteiger charge is 2.03. The van der Waals surface area contributed by atoms with Crippen LogP contribution in [0.1, 0.15) is 0 Å². The van der Waals surface area contributed by atoms with Crippen LogP contribution in [-0.2, 0) is 0 Å². The van der Waals surface area contributed by atoms with Gasteiger partial charge >= 0.3 is 0 Å². The summed E-state index contributed by atoms with van der Waals surface area (Å²) < 4.78 is 1.41. The van der Waals surface area contributed by atoms with E-state index in [4.69, 9.17) is 0 Å². The van der Waals surface area contributed by atoms with Crippen LogP contribution < -0.4 is 5.56 Å². The molecule has 0 aliphatic rings. The summed E-state index contributed by atoms with van der Waals surface area (Å²) in [5.41, 5.74) is 2.17. The molecule has 0 aliphatic heterocycles. The Labute approximate surface area is 91.2 Å². The molecule has 1 N–H and O–H groups in total. The first-order valence-electron chi connectivity index (χ1n) is 4.97. The second kappa shape index (κ2) is 3.34. The molecule has 0 fully saturated rings. The van der Waals surface area contributed by atoms with Crippen LogP contribution in [0, 0.1) is 0 Å². The van der Waals surface area contributed by atoms with E-state index in [0.717, 1.165) is 5.56 Å². The third-order valence-corrected chi connectivity index (χ3v) is 2.45. The van der Waals surface area contributed by atoms with E-state index in [9.17, 15) is 4.79 Å². The number of nitrogens with one attached hydrogen (secondary N) is 1. The largest absolute Gasteiger partial charge is 0.297 e. The molecule has 3 rings (SSSR count). The van der Waals surface area contributed by atoms with Crippen LogP contribution in [0.2, 0.25) is 0 Å². The quantitative estimate of drug-likeness (QED) is 0.665. The van der Waals surface area contributed by atoms with Crippen molar-refractivity contribution < 1.29 is 0 Å². The summed E-state index contributed by atoms with van der Waals surface area (Å²) >= 11 is 0. The molecule has 4 heteroatoms. The van der Waals surface area contributed by atoms with Crippen molar-refractivity contribution in [1.82, 2.24) is 14.6 Å². The Morgan fingerprint density at radius 3 is 2.75 bits per heavy atom. The monoisotopic (exact) mass is 211 g/mol. The number of H-pyrrole nitrogens is 1. The zero-order valence-electron chi connectivity index (χ0n) is 8.42. The molecule has 0 amide bonds. The molecule has 0 saturated carbocycles. The van der Waals surface area contributed by atoms with E-state index in [1.54, 1.807) is 12.3 Å². The van der Waals surface area contributed by atoms with Crippen LogP contribution >= 0.6 is 0 Å². The van der Waals surface area contributed by atoms with Gasteiger partial charge in [0.25, 0.3) is 5.56 Å². The number of aromatic amines is 1. The molecule has 0 unspecified atom stereocenters. The van der Waals surface area contributed by atoms with Crippen molar-refractivity contribution in [2.24, 2.45) is 0 Å². The lowest BCUT2D eigenvalue weighted by Crippen LogP contribution is -2.13. The van der Waals surface area contributed by atoms with E-state index < -0.39 is 0 Å². The number of hydrogen-bond acceptors (Lipinski definition) is 2. The molecule has 0 saturated heterocycles. The average molecular weight is 211 g/mol. The Kier molecular flexibility index (Phi) is 1.86. The third-order valence-electron chi connectivity index (χ3n) is 2.45. The maximum atomic E-state index is 11.7. The Balaban J connectivity index is 2.30. The van der Waals surface area contributed by atoms with E-state index in [1.165, 1.54) is 10.6 Å². The van der Waals surface area contributed by atoms with Gasteiger partial charge in [-0.3, -0.25) is 9.89 Å². The predicted molar refractivity (Wildman–Crippen MR) is 61.2 cm³/mol. The first-order valence-corrected chi connectivity index (χ1v) is 4.97. The number of rotatable bonds is 1. The zero-order chi connectivity index (χ0) is 11.0. The van der Waals surface area contributed by atoms with Crippen LogP contribution in [0.15, 0.2) is 53.5 Å². The van der Waals surface area contributed by atoms with Gasteiger partial charge in [-0.15, -0.1) is 0 Å². The van der Waals surface area contributed by atoms with Crippen molar-refractivity contribution in [3.8, 4) is 11.3 Å². The SMILES string of the molecule is O=c1cc(-c2ccccc2)nc2cc[nH]n12. The van der Waals surface area contributed by atoms with Gasteiger partial charge in [-0.1, -0.05) is 30.3 Å². The van der Waals surface area contributed by atoms with Crippen molar-refractivity contribution >= 4 is 5.65 Å². The summed E-state index contributed by atoms with van der Waals surface area (Å²) in [6, 6.07) is 13.0. The summed E-state index contributed by atoms with van der Waals surface area (Å²) in [5.74, 6) is 0. The van der Waals surface area contributed by atoms with Crippen molar-refractivity contribution in [3.05, 3.63) is 59.0 Å². The molecule has 0 atom stereocenters. The summed E-state index contributed by atoms with van der Waals surface area (Å²) in [6.45, 7) is 0. The normalized spacial score (nSPS) is 10.8. The highest BCUT2D eigenvalue weighted by molar-refractivity contribution is 5.60. The second-order valence-electron chi connectivity index (χ2n) is 3.50. The summed E-state index contributed by atoms with van der Waals surface area (Å²) in [7, 11) is 0. The molecule has 2 heterocycles. The minimum Gasteiger partial charge on any atom is -0.297 e. The highest BCUT2D eigenvalue weighted by Crippen LogP contribution is 2.14. The lowest BCUT2D eigenvalue weighted by molar-refractivity contribution is 0.901. The molecule has 78 valence electrons. The molecule has 0 aliphatic carbocycles. The number of fused-ring (bicyclic) bond motifs is 1. The Morgan fingerprint density at radius 1 is 1.12 bits per heavy atom. The first-order chi connectivity index (χ1) is 7.84. The molecule has 3 aromatic rings. The van der Waals surface area contributed by atoms with Gasteiger partial charge in [0.05, 0.1) is 5.69 Å². The lowest BCUT2D eigenvalue weighted by Gasteiger charge is -2.00. The predicted octanol–water partition coefficient (Wildman–Crippen LogP) is 1.69. The minimum atomic E-state index is -0.103. The maximum absolute atomic E-state index is 11.7. The molecule has 2 aromatic heterocycles. The lowest BCUT2D eigenvalue weighted by atomic mass is 10.1. The Morgan fingerprint density at radius 2 is 1.94 bits per heavy atom. The topological polar surface area (TPSA) is 50.2 Å². The van der Waals surface area contributed by atoms with Crippen LogP contribution in [0.3, 0.4) is 0 Å². The van der Waals surface area contributed by atoms with Gasteiger partial charge in [0.2, 0.25) is 0 Å². The fourth-order valence-corrected chi connectivity index (χ4v) is 1.68. The first kappa shape index (κ1) is 8.91. The smallest absolute Gasteiger partial charge is 0.273 e. The van der Waals surface area contributed by atoms with Crippen LogP contribution in [-0.4, -0.2) is 14.6 Å². The molecule has 16 heavy (non-hydrogen) atoms. The van der Waals surface area contributed by atoms with Crippen molar-refractivity contribution in [2.45, 2.75) is 0 Å². The molecular formula is C12H9N3O. The Bertz CT molecular complexity index is 682. The fraction of sp³-hybridized carbons (Fsp3) is 0. The highest BCUT2D eigenvalue weighted by atomic mass is 16.1. The van der Waals surface area contributed by atoms with E-state index >= 15 is 0 Å². The third kappa shape index (κ3) is 1.32. The maximum Gasteiger partial charge on any atom is 0.273 e. The number of hydrogen-bond donors (Lipinski definition) is 1. The molecule has 1 aromatic carbocycles. The standard InChI is InChI=1S/C12H9N3O/c16-12-8-10(9-4-2-1-3-5-9)14-11-6-7-13-15(11)12/h1-8,13H. The molecule has 0 bridgehead atoms. The van der Waals surface area contributed by atoms with Crippen LogP contribution in [0.4, 0.5) is 0 Å². The number of benzene rings is 1. The summed E-state index contributed by atoms with van der Waals surface area (Å²) in [4.78, 5) is 16.1. The van der Waals surface area contributed by atoms with E-state index in [2.05, 4.69) is 10.1 Å². The van der Waals surface area contributed by atoms with E-state index in [0.29, 0.717) is 11.3 Å². The van der Waals surface area contributed by atoms with E-state index in [1.807, 2.05) is 30.3 Å². The Hall–Kier alpha value is -2.36. The van der Waals surface area contributed by atoms with Gasteiger partial charge in [-0.05, 0) is 0 Å². The van der Waals surface area contributed by atoms with E-state index in [-0.39, 0.29) is 5.56 Å². The van der Waals surface area contributed by atoms with Crippen molar-refractivity contribution in [2.75, 3.05) is 0 Å². The molecule has 0 spiro atoms. The molecular weight excluding hydrogens is 202 g/mol. The average Bonchev–Trinajstić information content (AvgIpc) is 2.79. The van der Waals surface area contributed by atoms with Crippen molar-refractivity contribution in [1.29, 1.82) is 0 Å². The van der Waals surface area contributed by atoms with Gasteiger partial charge in [0.15, 0.2) is 5.65 Å². The van der Waals surface area contributed by atoms with Crippen LogP contribution in [0.5, 0.6) is 0 Å². The van der Waals surface area contributed by atoms with Gasteiger partial charge in [0, 0.05) is 23.9 Å². The minimum absolute atomic E-state index is 0.103. The van der Waals surface area contributed by atoms with Gasteiger partial charge in [0.1, 0.15) is 0 Å². The van der Waals surface area contributed by atoms with Gasteiger partial charge in [-0.2, -0.15) is 0 Å². The van der Waals surface area contributed by atoms with Gasteiger partial charge in [-0.25, -0.2) is 9.50 Å². The fourth-order valence-electron chi connectivity index (χ4n) is 1.68. The van der Waals surface area contributed by atoms with Gasteiger partial charge < -0.3 is 0 Å². The van der Waals surface area contributed by atoms with Crippen molar-refractivity contribution in [3.63, 3.8) is 0 Å². The van der Waals surface area contributed by atoms with Crippen LogP contribution in [0.25, 0.3) is 16.9 Å². The zero-order valence-corrected chi connectivity index (χ0v) is 8.42. The number of aromatic nitrogens is 3. The second-order valence-corrected chi connectivity index (χ2v) is 3.50. The number of nitrogens with zero attached hydrogens (tertiary/aromatic N) is 2. The summed E-state index contributed by atoms with van der Waals surface area (Å²) in [6.07, 6.45) is 1.69.